The van der Waals surface area contributed by atoms with Crippen LogP contribution in [-0.2, 0) is 9.59 Å². The molecule has 5 rings (SSSR count). The monoisotopic (exact) mass is 547 g/mol. The zero-order chi connectivity index (χ0) is 21.9. The predicted octanol–water partition coefficient (Wildman–Crippen LogP) is 4.20. The van der Waals surface area contributed by atoms with Crippen molar-refractivity contribution in [3.8, 4) is 11.5 Å². The van der Waals surface area contributed by atoms with Gasteiger partial charge in [-0.15, -0.1) is 0 Å². The van der Waals surface area contributed by atoms with E-state index in [2.05, 4.69) is 31.9 Å². The maximum atomic E-state index is 13.1. The molecule has 0 unspecified atom stereocenters. The van der Waals surface area contributed by atoms with E-state index in [4.69, 9.17) is 9.47 Å². The Hall–Kier alpha value is -2.19. The van der Waals surface area contributed by atoms with Crippen molar-refractivity contribution >= 4 is 55.3 Å². The van der Waals surface area contributed by atoms with E-state index in [1.165, 1.54) is 12.0 Å². The summed E-state index contributed by atoms with van der Waals surface area (Å²) in [5.74, 6) is -0.262. The Morgan fingerprint density at radius 3 is 2.10 bits per heavy atom. The number of hydrogen-bond donors (Lipinski definition) is 0. The van der Waals surface area contributed by atoms with Crippen LogP contribution >= 0.6 is 31.9 Å². The Labute approximate surface area is 196 Å². The standard InChI is InChI=1S/C23H19Br2NO5/c1-30-16-5-3-2-4-13(16)23(29)31-12-8-6-11(7-9-12)26-21(27)17-14-10-15(18(17)22(26)28)20(25)19(14)24/h2-9,14-15,17-20H,10H2,1H3/t14-,15+,17+,18-,19+,20-. The van der Waals surface area contributed by atoms with Gasteiger partial charge in [-0.05, 0) is 54.7 Å². The molecule has 0 aromatic heterocycles. The summed E-state index contributed by atoms with van der Waals surface area (Å²) in [6.07, 6.45) is 0.893. The van der Waals surface area contributed by atoms with E-state index in [0.717, 1.165) is 6.42 Å². The second-order valence-electron chi connectivity index (χ2n) is 8.10. The van der Waals surface area contributed by atoms with Crippen LogP contribution in [0, 0.1) is 23.7 Å². The molecule has 0 radical (unpaired) electrons. The number of ether oxygens (including phenoxy) is 2. The number of fused-ring (bicyclic) bond motifs is 5. The summed E-state index contributed by atoms with van der Waals surface area (Å²) in [5, 5.41) is 0. The minimum absolute atomic E-state index is 0.134. The molecule has 6 atom stereocenters. The summed E-state index contributed by atoms with van der Waals surface area (Å²) in [6, 6.07) is 13.3. The molecule has 2 saturated carbocycles. The van der Waals surface area contributed by atoms with Crippen LogP contribution in [0.4, 0.5) is 5.69 Å². The number of nitrogens with zero attached hydrogens (tertiary/aromatic N) is 1. The normalized spacial score (nSPS) is 31.1. The highest BCUT2D eigenvalue weighted by Crippen LogP contribution is 2.60. The molecule has 2 amide bonds. The lowest BCUT2D eigenvalue weighted by molar-refractivity contribution is -0.123. The molecule has 2 aliphatic carbocycles. The number of alkyl halides is 2. The molecule has 3 fully saturated rings. The SMILES string of the molecule is COc1ccccc1C(=O)Oc1ccc(N2C(=O)[C@@H]3[C@@H]4C[C@@H]([C@H](Br)[C@@H]4Br)[C@@H]3C2=O)cc1. The van der Waals surface area contributed by atoms with Gasteiger partial charge in [0.1, 0.15) is 17.1 Å². The second-order valence-corrected chi connectivity index (χ2v) is 10.2. The van der Waals surface area contributed by atoms with Gasteiger partial charge >= 0.3 is 5.97 Å². The number of esters is 1. The van der Waals surface area contributed by atoms with Crippen LogP contribution in [0.5, 0.6) is 11.5 Å². The summed E-state index contributed by atoms with van der Waals surface area (Å²) in [6.45, 7) is 0. The summed E-state index contributed by atoms with van der Waals surface area (Å²) < 4.78 is 10.6. The molecule has 3 aliphatic rings. The quantitative estimate of drug-likeness (QED) is 0.248. The van der Waals surface area contributed by atoms with Crippen LogP contribution in [0.2, 0.25) is 0 Å². The highest BCUT2D eigenvalue weighted by atomic mass is 79.9. The van der Waals surface area contributed by atoms with Gasteiger partial charge in [0, 0.05) is 9.65 Å². The Bertz CT molecular complexity index is 1040. The summed E-state index contributed by atoms with van der Waals surface area (Å²) in [4.78, 5) is 40.4. The number of hydrogen-bond acceptors (Lipinski definition) is 5. The lowest BCUT2D eigenvalue weighted by Gasteiger charge is -2.28. The number of amides is 2. The third-order valence-corrected chi connectivity index (χ3v) is 9.83. The Kier molecular flexibility index (Phi) is 5.17. The van der Waals surface area contributed by atoms with E-state index >= 15 is 0 Å². The van der Waals surface area contributed by atoms with Crippen molar-refractivity contribution < 1.29 is 23.9 Å². The third kappa shape index (κ3) is 3.14. The highest BCUT2D eigenvalue weighted by Gasteiger charge is 2.66. The first-order valence-electron chi connectivity index (χ1n) is 10.0. The Morgan fingerprint density at radius 1 is 0.935 bits per heavy atom. The molecule has 2 aromatic rings. The predicted molar refractivity (Wildman–Crippen MR) is 121 cm³/mol. The van der Waals surface area contributed by atoms with E-state index in [1.54, 1.807) is 48.5 Å². The van der Waals surface area contributed by atoms with Crippen molar-refractivity contribution in [2.45, 2.75) is 16.1 Å². The zero-order valence-corrected chi connectivity index (χ0v) is 19.7. The van der Waals surface area contributed by atoms with Crippen LogP contribution in [-0.4, -0.2) is 34.5 Å². The fraction of sp³-hybridized carbons (Fsp3) is 0.348. The van der Waals surface area contributed by atoms with Gasteiger partial charge in [0.15, 0.2) is 0 Å². The van der Waals surface area contributed by atoms with Crippen molar-refractivity contribution in [3.05, 3.63) is 54.1 Å². The molecular formula is C23H19Br2NO5. The van der Waals surface area contributed by atoms with Crippen molar-refractivity contribution in [2.75, 3.05) is 12.0 Å². The lowest BCUT2D eigenvalue weighted by atomic mass is 9.81. The van der Waals surface area contributed by atoms with Gasteiger partial charge in [-0.2, -0.15) is 0 Å². The first kappa shape index (κ1) is 20.7. The largest absolute Gasteiger partial charge is 0.496 e. The number of benzene rings is 2. The minimum atomic E-state index is -0.545. The van der Waals surface area contributed by atoms with Crippen LogP contribution in [0.15, 0.2) is 48.5 Å². The van der Waals surface area contributed by atoms with E-state index in [-0.39, 0.29) is 45.1 Å². The number of halogens is 2. The Balaban J connectivity index is 1.35. The maximum Gasteiger partial charge on any atom is 0.347 e. The van der Waals surface area contributed by atoms with Crippen LogP contribution in [0.25, 0.3) is 0 Å². The molecule has 0 N–H and O–H groups in total. The molecule has 0 spiro atoms. The summed E-state index contributed by atoms with van der Waals surface area (Å²) in [7, 11) is 1.49. The molecule has 1 aliphatic heterocycles. The Morgan fingerprint density at radius 2 is 1.52 bits per heavy atom. The van der Waals surface area contributed by atoms with Crippen LogP contribution in [0.1, 0.15) is 16.8 Å². The number of rotatable bonds is 4. The van der Waals surface area contributed by atoms with Gasteiger partial charge < -0.3 is 9.47 Å². The molecule has 6 nitrogen and oxygen atoms in total. The van der Waals surface area contributed by atoms with Gasteiger partial charge in [-0.25, -0.2) is 4.79 Å². The molecule has 1 saturated heterocycles. The van der Waals surface area contributed by atoms with E-state index < -0.39 is 5.97 Å². The first-order chi connectivity index (χ1) is 14.9. The molecule has 8 heteroatoms. The van der Waals surface area contributed by atoms with Gasteiger partial charge in [0.25, 0.3) is 0 Å². The fourth-order valence-corrected chi connectivity index (χ4v) is 7.12. The average Bonchev–Trinajstić information content (AvgIpc) is 3.39. The third-order valence-electron chi connectivity index (χ3n) is 6.62. The minimum Gasteiger partial charge on any atom is -0.496 e. The van der Waals surface area contributed by atoms with Gasteiger partial charge in [0.05, 0.1) is 24.6 Å². The molecule has 1 heterocycles. The van der Waals surface area contributed by atoms with Crippen molar-refractivity contribution in [2.24, 2.45) is 23.7 Å². The number of carbonyl (C=O) groups is 3. The maximum absolute atomic E-state index is 13.1. The number of anilines is 1. The fourth-order valence-electron chi connectivity index (χ4n) is 5.24. The lowest BCUT2D eigenvalue weighted by Crippen LogP contribution is -2.37. The van der Waals surface area contributed by atoms with Crippen molar-refractivity contribution in [3.63, 3.8) is 0 Å². The van der Waals surface area contributed by atoms with Crippen LogP contribution < -0.4 is 14.4 Å². The van der Waals surface area contributed by atoms with Crippen molar-refractivity contribution in [1.29, 1.82) is 0 Å². The molecule has 31 heavy (non-hydrogen) atoms. The number of para-hydroxylation sites is 1. The van der Waals surface area contributed by atoms with Gasteiger partial charge in [-0.3, -0.25) is 14.5 Å². The van der Waals surface area contributed by atoms with Gasteiger partial charge in [-0.1, -0.05) is 44.0 Å². The molecule has 2 aromatic carbocycles. The summed E-state index contributed by atoms with van der Waals surface area (Å²) in [5.41, 5.74) is 0.814. The van der Waals surface area contributed by atoms with Gasteiger partial charge in [0.2, 0.25) is 11.8 Å². The first-order valence-corrected chi connectivity index (χ1v) is 11.9. The smallest absolute Gasteiger partial charge is 0.347 e. The topological polar surface area (TPSA) is 72.9 Å². The van der Waals surface area contributed by atoms with E-state index in [1.807, 2.05) is 0 Å². The van der Waals surface area contributed by atoms with Crippen LogP contribution in [0.3, 0.4) is 0 Å². The number of carbonyl (C=O) groups excluding carboxylic acids is 3. The molecular weight excluding hydrogens is 530 g/mol. The number of imide groups is 1. The molecule has 2 bridgehead atoms. The molecule has 160 valence electrons. The summed E-state index contributed by atoms with van der Waals surface area (Å²) >= 11 is 7.39. The van der Waals surface area contributed by atoms with E-state index in [0.29, 0.717) is 22.7 Å². The zero-order valence-electron chi connectivity index (χ0n) is 16.5. The highest BCUT2D eigenvalue weighted by molar-refractivity contribution is 9.12. The second kappa shape index (κ2) is 7.74. The van der Waals surface area contributed by atoms with E-state index in [9.17, 15) is 14.4 Å². The van der Waals surface area contributed by atoms with Crippen molar-refractivity contribution in [1.82, 2.24) is 0 Å². The average molecular weight is 549 g/mol. The number of methoxy groups -OCH3 is 1.